The van der Waals surface area contributed by atoms with Crippen LogP contribution in [0.3, 0.4) is 0 Å². The molecule has 0 bridgehead atoms. The van der Waals surface area contributed by atoms with Crippen molar-refractivity contribution in [2.45, 2.75) is 6.92 Å². The van der Waals surface area contributed by atoms with Crippen LogP contribution in [0, 0.1) is 19.3 Å². The lowest BCUT2D eigenvalue weighted by Gasteiger charge is -2.01. The molecule has 0 unspecified atom stereocenters. The van der Waals surface area contributed by atoms with Crippen LogP contribution in [0.15, 0.2) is 18.2 Å². The molecule has 0 N–H and O–H groups in total. The van der Waals surface area contributed by atoms with Gasteiger partial charge < -0.3 is 4.74 Å². The van der Waals surface area contributed by atoms with Gasteiger partial charge in [-0.05, 0) is 30.7 Å². The summed E-state index contributed by atoms with van der Waals surface area (Å²) in [5, 5.41) is 0. The standard InChI is InChI=1S/C10H10O/c1-4-9-5-8(2)6-10(7-9)11-3/h1,5-7H,2-3H3. The highest BCUT2D eigenvalue weighted by Crippen LogP contribution is 2.15. The van der Waals surface area contributed by atoms with Crippen molar-refractivity contribution in [1.82, 2.24) is 0 Å². The number of rotatable bonds is 1. The molecule has 0 aliphatic heterocycles. The molecule has 0 radical (unpaired) electrons. The summed E-state index contributed by atoms with van der Waals surface area (Å²) >= 11 is 0. The first-order valence-electron chi connectivity index (χ1n) is 3.38. The summed E-state index contributed by atoms with van der Waals surface area (Å²) in [6.45, 7) is 1.99. The molecular weight excluding hydrogens is 136 g/mol. The van der Waals surface area contributed by atoms with Gasteiger partial charge in [-0.25, -0.2) is 0 Å². The molecule has 0 aliphatic rings. The first kappa shape index (κ1) is 7.68. The van der Waals surface area contributed by atoms with Crippen LogP contribution >= 0.6 is 0 Å². The van der Waals surface area contributed by atoms with Gasteiger partial charge in [-0.1, -0.05) is 5.92 Å². The van der Waals surface area contributed by atoms with Crippen molar-refractivity contribution in [3.05, 3.63) is 29.3 Å². The molecule has 0 saturated carbocycles. The predicted octanol–water partition coefficient (Wildman–Crippen LogP) is 1.98. The molecule has 1 heteroatoms. The van der Waals surface area contributed by atoms with Crippen LogP contribution in [0.2, 0.25) is 0 Å². The maximum absolute atomic E-state index is 5.24. The summed E-state index contributed by atoms with van der Waals surface area (Å²) in [6.07, 6.45) is 5.24. The number of terminal acetylenes is 1. The second kappa shape index (κ2) is 3.12. The van der Waals surface area contributed by atoms with Crippen LogP contribution in [-0.2, 0) is 0 Å². The van der Waals surface area contributed by atoms with Crippen molar-refractivity contribution in [3.63, 3.8) is 0 Å². The van der Waals surface area contributed by atoms with E-state index in [4.69, 9.17) is 11.2 Å². The van der Waals surface area contributed by atoms with E-state index in [9.17, 15) is 0 Å². The van der Waals surface area contributed by atoms with Gasteiger partial charge in [0.15, 0.2) is 0 Å². The summed E-state index contributed by atoms with van der Waals surface area (Å²) in [6, 6.07) is 5.73. The van der Waals surface area contributed by atoms with Gasteiger partial charge in [-0.2, -0.15) is 0 Å². The molecule has 0 heterocycles. The molecule has 0 atom stereocenters. The molecule has 1 rings (SSSR count). The van der Waals surface area contributed by atoms with Crippen LogP contribution in [0.4, 0.5) is 0 Å². The largest absolute Gasteiger partial charge is 0.497 e. The van der Waals surface area contributed by atoms with Gasteiger partial charge in [-0.3, -0.25) is 0 Å². The third-order valence-electron chi connectivity index (χ3n) is 1.45. The SMILES string of the molecule is C#Cc1cc(C)cc(OC)c1. The molecule has 0 aliphatic carbocycles. The molecule has 0 fully saturated rings. The van der Waals surface area contributed by atoms with Gasteiger partial charge >= 0.3 is 0 Å². The van der Waals surface area contributed by atoms with Crippen molar-refractivity contribution in [2.24, 2.45) is 0 Å². The van der Waals surface area contributed by atoms with E-state index in [1.165, 1.54) is 0 Å². The number of hydrogen-bond acceptors (Lipinski definition) is 1. The predicted molar refractivity (Wildman–Crippen MR) is 45.7 cm³/mol. The summed E-state index contributed by atoms with van der Waals surface area (Å²) in [7, 11) is 1.63. The smallest absolute Gasteiger partial charge is 0.120 e. The van der Waals surface area contributed by atoms with Crippen molar-refractivity contribution >= 4 is 0 Å². The van der Waals surface area contributed by atoms with E-state index in [0.717, 1.165) is 16.9 Å². The summed E-state index contributed by atoms with van der Waals surface area (Å²) < 4.78 is 5.04. The van der Waals surface area contributed by atoms with Gasteiger partial charge in [0.1, 0.15) is 5.75 Å². The Labute approximate surface area is 67.0 Å². The van der Waals surface area contributed by atoms with E-state index < -0.39 is 0 Å². The van der Waals surface area contributed by atoms with Crippen LogP contribution < -0.4 is 4.74 Å². The monoisotopic (exact) mass is 146 g/mol. The summed E-state index contributed by atoms with van der Waals surface area (Å²) in [5.74, 6) is 3.38. The number of hydrogen-bond donors (Lipinski definition) is 0. The molecule has 0 saturated heterocycles. The number of benzene rings is 1. The summed E-state index contributed by atoms with van der Waals surface area (Å²) in [5.41, 5.74) is 1.99. The van der Waals surface area contributed by atoms with Crippen LogP contribution in [0.1, 0.15) is 11.1 Å². The van der Waals surface area contributed by atoms with Gasteiger partial charge in [0.25, 0.3) is 0 Å². The highest BCUT2D eigenvalue weighted by atomic mass is 16.5. The minimum atomic E-state index is 0.818. The van der Waals surface area contributed by atoms with E-state index in [-0.39, 0.29) is 0 Å². The Bertz CT molecular complexity index is 294. The number of methoxy groups -OCH3 is 1. The Morgan fingerprint density at radius 1 is 1.36 bits per heavy atom. The van der Waals surface area contributed by atoms with E-state index in [0.29, 0.717) is 0 Å². The molecule has 11 heavy (non-hydrogen) atoms. The molecule has 1 nitrogen and oxygen atoms in total. The first-order valence-corrected chi connectivity index (χ1v) is 3.38. The van der Waals surface area contributed by atoms with Crippen LogP contribution in [-0.4, -0.2) is 7.11 Å². The fourth-order valence-corrected chi connectivity index (χ4v) is 0.949. The highest BCUT2D eigenvalue weighted by Gasteiger charge is 1.94. The molecule has 0 spiro atoms. The third-order valence-corrected chi connectivity index (χ3v) is 1.45. The Hall–Kier alpha value is -1.42. The average molecular weight is 146 g/mol. The van der Waals surface area contributed by atoms with Crippen LogP contribution in [0.5, 0.6) is 5.75 Å². The lowest BCUT2D eigenvalue weighted by atomic mass is 10.1. The quantitative estimate of drug-likeness (QED) is 0.550. The van der Waals surface area contributed by atoms with E-state index in [1.807, 2.05) is 25.1 Å². The van der Waals surface area contributed by atoms with Crippen molar-refractivity contribution < 1.29 is 4.74 Å². The Balaban J connectivity index is 3.15. The lowest BCUT2D eigenvalue weighted by Crippen LogP contribution is -1.85. The molecular formula is C10H10O. The van der Waals surface area contributed by atoms with E-state index >= 15 is 0 Å². The molecule has 1 aromatic rings. The Morgan fingerprint density at radius 3 is 2.64 bits per heavy atom. The second-order valence-electron chi connectivity index (χ2n) is 2.38. The average Bonchev–Trinajstić information content (AvgIpc) is 2.03. The van der Waals surface area contributed by atoms with Gasteiger partial charge in [0, 0.05) is 5.56 Å². The van der Waals surface area contributed by atoms with E-state index in [2.05, 4.69) is 5.92 Å². The Kier molecular flexibility index (Phi) is 2.18. The van der Waals surface area contributed by atoms with Gasteiger partial charge in [-0.15, -0.1) is 6.42 Å². The topological polar surface area (TPSA) is 9.23 Å². The molecule has 0 amide bonds. The first-order chi connectivity index (χ1) is 5.26. The normalized spacial score (nSPS) is 8.82. The highest BCUT2D eigenvalue weighted by molar-refractivity contribution is 5.41. The fraction of sp³-hybridized carbons (Fsp3) is 0.200. The molecule has 56 valence electrons. The zero-order valence-electron chi connectivity index (χ0n) is 6.72. The molecule has 0 aromatic heterocycles. The van der Waals surface area contributed by atoms with Gasteiger partial charge in [0.2, 0.25) is 0 Å². The molecule has 1 aromatic carbocycles. The van der Waals surface area contributed by atoms with Crippen LogP contribution in [0.25, 0.3) is 0 Å². The summed E-state index contributed by atoms with van der Waals surface area (Å²) in [4.78, 5) is 0. The number of aryl methyl sites for hydroxylation is 1. The fourth-order valence-electron chi connectivity index (χ4n) is 0.949. The Morgan fingerprint density at radius 2 is 2.09 bits per heavy atom. The van der Waals surface area contributed by atoms with Crippen molar-refractivity contribution in [1.29, 1.82) is 0 Å². The zero-order valence-corrected chi connectivity index (χ0v) is 6.72. The van der Waals surface area contributed by atoms with Crippen molar-refractivity contribution in [2.75, 3.05) is 7.11 Å². The van der Waals surface area contributed by atoms with Gasteiger partial charge in [0.05, 0.1) is 7.11 Å². The maximum atomic E-state index is 5.24. The lowest BCUT2D eigenvalue weighted by molar-refractivity contribution is 0.414. The minimum absolute atomic E-state index is 0.818. The third kappa shape index (κ3) is 1.75. The zero-order chi connectivity index (χ0) is 8.27. The minimum Gasteiger partial charge on any atom is -0.497 e. The maximum Gasteiger partial charge on any atom is 0.120 e. The van der Waals surface area contributed by atoms with Crippen molar-refractivity contribution in [3.8, 4) is 18.1 Å². The second-order valence-corrected chi connectivity index (χ2v) is 2.38. The number of ether oxygens (including phenoxy) is 1. The van der Waals surface area contributed by atoms with E-state index in [1.54, 1.807) is 7.11 Å².